The Bertz CT molecular complexity index is 414. The molecule has 0 fully saturated rings. The molecule has 0 atom stereocenters. The number of hydrogen-bond acceptors (Lipinski definition) is 3. The summed E-state index contributed by atoms with van der Waals surface area (Å²) in [4.78, 5) is 11.8. The first kappa shape index (κ1) is 13.8. The molecule has 0 saturated heterocycles. The first-order chi connectivity index (χ1) is 7.51. The minimum Gasteiger partial charge on any atom is -0.462 e. The summed E-state index contributed by atoms with van der Waals surface area (Å²) < 4.78 is 11.0. The van der Waals surface area contributed by atoms with E-state index in [-0.39, 0.29) is 11.4 Å². The molecule has 0 radical (unpaired) electrons. The van der Waals surface area contributed by atoms with Crippen molar-refractivity contribution in [3.63, 3.8) is 0 Å². The van der Waals surface area contributed by atoms with E-state index in [1.165, 1.54) is 0 Å². The standard InChI is InChI=1S/C14H22O3/c1-9-10(17-12(15)14(5,6)7)8-11(16-9)13(2,3)4/h8H,1-7H3. The van der Waals surface area contributed by atoms with Crippen molar-refractivity contribution in [2.24, 2.45) is 5.41 Å². The highest BCUT2D eigenvalue weighted by Crippen LogP contribution is 2.32. The smallest absolute Gasteiger partial charge is 0.316 e. The molecule has 1 aromatic rings. The van der Waals surface area contributed by atoms with E-state index in [1.54, 1.807) is 13.0 Å². The molecule has 1 heterocycles. The van der Waals surface area contributed by atoms with Gasteiger partial charge in [-0.15, -0.1) is 0 Å². The maximum Gasteiger partial charge on any atom is 0.316 e. The molecule has 3 heteroatoms. The largest absolute Gasteiger partial charge is 0.462 e. The third-order valence-electron chi connectivity index (χ3n) is 2.43. The van der Waals surface area contributed by atoms with E-state index in [2.05, 4.69) is 20.8 Å². The maximum absolute atomic E-state index is 11.8. The van der Waals surface area contributed by atoms with Crippen LogP contribution in [-0.2, 0) is 10.2 Å². The summed E-state index contributed by atoms with van der Waals surface area (Å²) in [5.74, 6) is 1.75. The molecule has 96 valence electrons. The van der Waals surface area contributed by atoms with Gasteiger partial charge in [-0.05, 0) is 27.7 Å². The van der Waals surface area contributed by atoms with Gasteiger partial charge in [0.05, 0.1) is 5.41 Å². The zero-order valence-electron chi connectivity index (χ0n) is 11.8. The van der Waals surface area contributed by atoms with Crippen molar-refractivity contribution in [3.05, 3.63) is 17.6 Å². The predicted molar refractivity (Wildman–Crippen MR) is 67.2 cm³/mol. The number of hydrogen-bond donors (Lipinski definition) is 0. The second kappa shape index (κ2) is 4.21. The van der Waals surface area contributed by atoms with Crippen molar-refractivity contribution >= 4 is 5.97 Å². The van der Waals surface area contributed by atoms with E-state index >= 15 is 0 Å². The fraction of sp³-hybridized carbons (Fsp3) is 0.643. The van der Waals surface area contributed by atoms with Gasteiger partial charge in [0.25, 0.3) is 0 Å². The first-order valence-electron chi connectivity index (χ1n) is 5.85. The number of carbonyl (C=O) groups excluding carboxylic acids is 1. The highest BCUT2D eigenvalue weighted by molar-refractivity contribution is 5.78. The summed E-state index contributed by atoms with van der Waals surface area (Å²) in [6.45, 7) is 13.5. The second-order valence-electron chi connectivity index (χ2n) is 6.42. The van der Waals surface area contributed by atoms with Gasteiger partial charge in [0.15, 0.2) is 5.75 Å². The maximum atomic E-state index is 11.8. The Balaban J connectivity index is 2.94. The van der Waals surface area contributed by atoms with Crippen molar-refractivity contribution < 1.29 is 13.9 Å². The first-order valence-corrected chi connectivity index (χ1v) is 5.85. The molecule has 0 bridgehead atoms. The lowest BCUT2D eigenvalue weighted by Gasteiger charge is -2.15. The van der Waals surface area contributed by atoms with Gasteiger partial charge >= 0.3 is 5.97 Å². The molecule has 0 amide bonds. The number of rotatable bonds is 1. The average molecular weight is 238 g/mol. The van der Waals surface area contributed by atoms with Gasteiger partial charge < -0.3 is 9.15 Å². The van der Waals surface area contributed by atoms with E-state index in [0.29, 0.717) is 11.5 Å². The average Bonchev–Trinajstić information content (AvgIpc) is 2.45. The van der Waals surface area contributed by atoms with Crippen molar-refractivity contribution in [1.82, 2.24) is 0 Å². The monoisotopic (exact) mass is 238 g/mol. The third-order valence-corrected chi connectivity index (χ3v) is 2.43. The Morgan fingerprint density at radius 1 is 1.18 bits per heavy atom. The SMILES string of the molecule is Cc1oc(C(C)(C)C)cc1OC(=O)C(C)(C)C. The van der Waals surface area contributed by atoms with Crippen molar-refractivity contribution in [3.8, 4) is 5.75 Å². The Morgan fingerprint density at radius 3 is 2.06 bits per heavy atom. The van der Waals surface area contributed by atoms with E-state index in [1.807, 2.05) is 20.8 Å². The van der Waals surface area contributed by atoms with E-state index in [4.69, 9.17) is 9.15 Å². The van der Waals surface area contributed by atoms with E-state index < -0.39 is 5.41 Å². The van der Waals surface area contributed by atoms with Gasteiger partial charge in [0.1, 0.15) is 11.5 Å². The summed E-state index contributed by atoms with van der Waals surface area (Å²) >= 11 is 0. The summed E-state index contributed by atoms with van der Waals surface area (Å²) in [6.07, 6.45) is 0. The Morgan fingerprint density at radius 2 is 1.71 bits per heavy atom. The lowest BCUT2D eigenvalue weighted by atomic mass is 9.93. The summed E-state index contributed by atoms with van der Waals surface area (Å²) in [7, 11) is 0. The molecule has 17 heavy (non-hydrogen) atoms. The quantitative estimate of drug-likeness (QED) is 0.698. The zero-order chi connectivity index (χ0) is 13.4. The van der Waals surface area contributed by atoms with Crippen LogP contribution in [0.15, 0.2) is 10.5 Å². The molecule has 0 unspecified atom stereocenters. The number of esters is 1. The van der Waals surface area contributed by atoms with Crippen molar-refractivity contribution in [2.45, 2.75) is 53.9 Å². The van der Waals surface area contributed by atoms with Crippen LogP contribution in [0.1, 0.15) is 53.1 Å². The molecule has 1 rings (SSSR count). The van der Waals surface area contributed by atoms with Gasteiger partial charge in [-0.1, -0.05) is 20.8 Å². The highest BCUT2D eigenvalue weighted by atomic mass is 16.5. The fourth-order valence-electron chi connectivity index (χ4n) is 1.19. The van der Waals surface area contributed by atoms with Crippen LogP contribution < -0.4 is 4.74 Å². The minimum absolute atomic E-state index is 0.0862. The summed E-state index contributed by atoms with van der Waals surface area (Å²) in [6, 6.07) is 1.80. The number of ether oxygens (including phenoxy) is 1. The van der Waals surface area contributed by atoms with Crippen LogP contribution in [0.2, 0.25) is 0 Å². The van der Waals surface area contributed by atoms with Gasteiger partial charge in [0.2, 0.25) is 0 Å². The fourth-order valence-corrected chi connectivity index (χ4v) is 1.19. The molecule has 0 N–H and O–H groups in total. The Labute approximate surface area is 103 Å². The normalized spacial score (nSPS) is 12.6. The van der Waals surface area contributed by atoms with Crippen LogP contribution in [0, 0.1) is 12.3 Å². The predicted octanol–water partition coefficient (Wildman–Crippen LogP) is 3.84. The van der Waals surface area contributed by atoms with Gasteiger partial charge in [-0.25, -0.2) is 0 Å². The van der Waals surface area contributed by atoms with Crippen LogP contribution in [0.3, 0.4) is 0 Å². The molecule has 3 nitrogen and oxygen atoms in total. The van der Waals surface area contributed by atoms with Crippen LogP contribution in [0.4, 0.5) is 0 Å². The Kier molecular flexibility index (Phi) is 3.42. The molecule has 0 aliphatic carbocycles. The topological polar surface area (TPSA) is 39.4 Å². The Hall–Kier alpha value is -1.25. The van der Waals surface area contributed by atoms with E-state index in [9.17, 15) is 4.79 Å². The number of furan rings is 1. The second-order valence-corrected chi connectivity index (χ2v) is 6.42. The van der Waals surface area contributed by atoms with Gasteiger partial charge in [-0.2, -0.15) is 0 Å². The lowest BCUT2D eigenvalue weighted by Crippen LogP contribution is -2.25. The number of aryl methyl sites for hydroxylation is 1. The molecule has 0 aliphatic rings. The molecule has 1 aromatic heterocycles. The van der Waals surface area contributed by atoms with Crippen LogP contribution in [0.5, 0.6) is 5.75 Å². The molecule has 0 aliphatic heterocycles. The summed E-state index contributed by atoms with van der Waals surface area (Å²) in [5, 5.41) is 0. The van der Waals surface area contributed by atoms with Crippen LogP contribution >= 0.6 is 0 Å². The molecule has 0 spiro atoms. The van der Waals surface area contributed by atoms with Crippen molar-refractivity contribution in [2.75, 3.05) is 0 Å². The van der Waals surface area contributed by atoms with Crippen LogP contribution in [0.25, 0.3) is 0 Å². The third kappa shape index (κ3) is 3.35. The molecular weight excluding hydrogens is 216 g/mol. The molecular formula is C14H22O3. The van der Waals surface area contributed by atoms with E-state index in [0.717, 1.165) is 5.76 Å². The summed E-state index contributed by atoms with van der Waals surface area (Å²) in [5.41, 5.74) is -0.594. The van der Waals surface area contributed by atoms with Crippen LogP contribution in [-0.4, -0.2) is 5.97 Å². The molecule has 0 aromatic carbocycles. The number of carbonyl (C=O) groups is 1. The van der Waals surface area contributed by atoms with Gasteiger partial charge in [0, 0.05) is 11.5 Å². The van der Waals surface area contributed by atoms with Gasteiger partial charge in [-0.3, -0.25) is 4.79 Å². The zero-order valence-corrected chi connectivity index (χ0v) is 11.8. The highest BCUT2D eigenvalue weighted by Gasteiger charge is 2.27. The molecule has 0 saturated carbocycles. The minimum atomic E-state index is -0.508. The van der Waals surface area contributed by atoms with Crippen molar-refractivity contribution in [1.29, 1.82) is 0 Å². The lowest BCUT2D eigenvalue weighted by molar-refractivity contribution is -0.143.